The van der Waals surface area contributed by atoms with Crippen LogP contribution >= 0.6 is 11.3 Å². The van der Waals surface area contributed by atoms with Gasteiger partial charge in [0.15, 0.2) is 6.23 Å². The standard InChI is InChI=1S/C15H16N2O3S/c1-15(2,3)20-14(19)17-11-8-21-7-10(11)9-5-4-6-16-12(9)13(17)18/h4-8,13,18H,1-3H3/t13-/m0/s1. The van der Waals surface area contributed by atoms with E-state index in [9.17, 15) is 9.90 Å². The van der Waals surface area contributed by atoms with Gasteiger partial charge >= 0.3 is 6.09 Å². The smallest absolute Gasteiger partial charge is 0.417 e. The van der Waals surface area contributed by atoms with Gasteiger partial charge in [0.1, 0.15) is 5.60 Å². The Kier molecular flexibility index (Phi) is 3.22. The minimum atomic E-state index is -1.14. The third kappa shape index (κ3) is 2.41. The molecular formula is C15H16N2O3S. The molecule has 6 heteroatoms. The van der Waals surface area contributed by atoms with Gasteiger partial charge in [-0.05, 0) is 26.8 Å². The Hall–Kier alpha value is -1.92. The molecule has 0 fully saturated rings. The van der Waals surface area contributed by atoms with Crippen LogP contribution in [0.1, 0.15) is 32.7 Å². The van der Waals surface area contributed by atoms with Crippen molar-refractivity contribution in [2.24, 2.45) is 0 Å². The number of nitrogens with zero attached hydrogens (tertiary/aromatic N) is 2. The maximum Gasteiger partial charge on any atom is 0.417 e. The van der Waals surface area contributed by atoms with E-state index in [1.807, 2.05) is 22.9 Å². The monoisotopic (exact) mass is 304 g/mol. The lowest BCUT2D eigenvalue weighted by Crippen LogP contribution is -2.41. The predicted octanol–water partition coefficient (Wildman–Crippen LogP) is 3.56. The van der Waals surface area contributed by atoms with Gasteiger partial charge in [0, 0.05) is 28.1 Å². The molecule has 110 valence electrons. The molecule has 0 bridgehead atoms. The van der Waals surface area contributed by atoms with E-state index in [2.05, 4.69) is 4.98 Å². The van der Waals surface area contributed by atoms with Crippen LogP contribution in [0, 0.1) is 0 Å². The number of carbonyl (C=O) groups excluding carboxylic acids is 1. The van der Waals surface area contributed by atoms with Crippen LogP contribution < -0.4 is 4.90 Å². The van der Waals surface area contributed by atoms with E-state index in [4.69, 9.17) is 4.74 Å². The first-order valence-electron chi connectivity index (χ1n) is 6.60. The Morgan fingerprint density at radius 2 is 2.14 bits per heavy atom. The molecule has 2 aromatic heterocycles. The average Bonchev–Trinajstić information content (AvgIpc) is 2.86. The van der Waals surface area contributed by atoms with Crippen molar-refractivity contribution < 1.29 is 14.6 Å². The molecule has 0 unspecified atom stereocenters. The first-order chi connectivity index (χ1) is 9.88. The number of anilines is 1. The van der Waals surface area contributed by atoms with Gasteiger partial charge in [0.25, 0.3) is 0 Å². The van der Waals surface area contributed by atoms with Gasteiger partial charge in [0.2, 0.25) is 0 Å². The molecule has 3 rings (SSSR count). The van der Waals surface area contributed by atoms with Gasteiger partial charge < -0.3 is 9.84 Å². The number of thiophene rings is 1. The van der Waals surface area contributed by atoms with Crippen molar-refractivity contribution in [3.05, 3.63) is 34.8 Å². The number of aromatic nitrogens is 1. The second-order valence-electron chi connectivity index (χ2n) is 5.83. The van der Waals surface area contributed by atoms with Crippen LogP contribution in [0.3, 0.4) is 0 Å². The molecule has 0 spiro atoms. The number of pyridine rings is 1. The fourth-order valence-electron chi connectivity index (χ4n) is 2.29. The van der Waals surface area contributed by atoms with E-state index < -0.39 is 17.9 Å². The van der Waals surface area contributed by atoms with Crippen molar-refractivity contribution in [2.45, 2.75) is 32.6 Å². The highest BCUT2D eigenvalue weighted by Crippen LogP contribution is 2.45. The van der Waals surface area contributed by atoms with Gasteiger partial charge in [0.05, 0.1) is 11.4 Å². The van der Waals surface area contributed by atoms with Crippen LogP contribution in [0.2, 0.25) is 0 Å². The minimum absolute atomic E-state index is 0.467. The number of hydrogen-bond donors (Lipinski definition) is 1. The second-order valence-corrected chi connectivity index (χ2v) is 6.57. The summed E-state index contributed by atoms with van der Waals surface area (Å²) in [5.41, 5.74) is 2.23. The Bertz CT molecular complexity index is 690. The van der Waals surface area contributed by atoms with Crippen molar-refractivity contribution in [1.82, 2.24) is 4.98 Å². The van der Waals surface area contributed by atoms with Crippen LogP contribution in [0.4, 0.5) is 10.5 Å². The van der Waals surface area contributed by atoms with Crippen LogP contribution in [0.15, 0.2) is 29.1 Å². The molecule has 0 aliphatic carbocycles. The highest BCUT2D eigenvalue weighted by Gasteiger charge is 2.37. The lowest BCUT2D eigenvalue weighted by Gasteiger charge is -2.34. The molecule has 1 N–H and O–H groups in total. The zero-order chi connectivity index (χ0) is 15.2. The largest absolute Gasteiger partial charge is 0.443 e. The third-order valence-electron chi connectivity index (χ3n) is 3.11. The van der Waals surface area contributed by atoms with Gasteiger partial charge in [-0.25, -0.2) is 9.69 Å². The van der Waals surface area contributed by atoms with Crippen LogP contribution in [0.5, 0.6) is 0 Å². The van der Waals surface area contributed by atoms with Crippen LogP contribution in [0.25, 0.3) is 11.1 Å². The quantitative estimate of drug-likeness (QED) is 0.808. The molecule has 3 heterocycles. The maximum absolute atomic E-state index is 12.4. The molecule has 1 amide bonds. The Morgan fingerprint density at radius 3 is 2.86 bits per heavy atom. The number of ether oxygens (including phenoxy) is 1. The van der Waals surface area contributed by atoms with E-state index in [-0.39, 0.29) is 0 Å². The van der Waals surface area contributed by atoms with Crippen LogP contribution in [-0.2, 0) is 4.74 Å². The molecule has 0 aromatic carbocycles. The molecular weight excluding hydrogens is 288 g/mol. The predicted molar refractivity (Wildman–Crippen MR) is 81.2 cm³/mol. The highest BCUT2D eigenvalue weighted by molar-refractivity contribution is 7.08. The maximum atomic E-state index is 12.4. The number of carbonyl (C=O) groups is 1. The van der Waals surface area contributed by atoms with E-state index in [0.29, 0.717) is 11.4 Å². The summed E-state index contributed by atoms with van der Waals surface area (Å²) in [6.07, 6.45) is -0.115. The fraction of sp³-hybridized carbons (Fsp3) is 0.333. The summed E-state index contributed by atoms with van der Waals surface area (Å²) in [4.78, 5) is 17.9. The molecule has 21 heavy (non-hydrogen) atoms. The fourth-order valence-corrected chi connectivity index (χ4v) is 3.11. The van der Waals surface area contributed by atoms with Crippen molar-refractivity contribution in [3.8, 4) is 11.1 Å². The Labute approximate surface area is 126 Å². The topological polar surface area (TPSA) is 62.7 Å². The summed E-state index contributed by atoms with van der Waals surface area (Å²) in [6.45, 7) is 5.38. The molecule has 5 nitrogen and oxygen atoms in total. The van der Waals surface area contributed by atoms with Gasteiger partial charge in [-0.3, -0.25) is 4.98 Å². The van der Waals surface area contributed by atoms with Crippen molar-refractivity contribution >= 4 is 23.1 Å². The Morgan fingerprint density at radius 1 is 1.38 bits per heavy atom. The summed E-state index contributed by atoms with van der Waals surface area (Å²) < 4.78 is 5.39. The van der Waals surface area contributed by atoms with E-state index in [1.165, 1.54) is 16.2 Å². The number of aliphatic hydroxyl groups is 1. The molecule has 2 aromatic rings. The van der Waals surface area contributed by atoms with E-state index in [0.717, 1.165) is 11.1 Å². The number of amides is 1. The van der Waals surface area contributed by atoms with Crippen molar-refractivity contribution in [2.75, 3.05) is 4.90 Å². The summed E-state index contributed by atoms with van der Waals surface area (Å²) in [5.74, 6) is 0. The average molecular weight is 304 g/mol. The van der Waals surface area contributed by atoms with Crippen molar-refractivity contribution in [1.29, 1.82) is 0 Å². The highest BCUT2D eigenvalue weighted by atomic mass is 32.1. The molecule has 0 saturated carbocycles. The van der Waals surface area contributed by atoms with Gasteiger partial charge in [-0.1, -0.05) is 6.07 Å². The number of hydrogen-bond acceptors (Lipinski definition) is 5. The first kappa shape index (κ1) is 14.0. The third-order valence-corrected chi connectivity index (χ3v) is 3.84. The van der Waals surface area contributed by atoms with Gasteiger partial charge in [-0.2, -0.15) is 0 Å². The number of aliphatic hydroxyl groups excluding tert-OH is 1. The van der Waals surface area contributed by atoms with E-state index >= 15 is 0 Å². The lowest BCUT2D eigenvalue weighted by molar-refractivity contribution is 0.0466. The molecule has 1 atom stereocenters. The number of fused-ring (bicyclic) bond motifs is 3. The normalized spacial score (nSPS) is 17.1. The molecule has 1 aliphatic heterocycles. The lowest BCUT2D eigenvalue weighted by atomic mass is 10.00. The molecule has 0 radical (unpaired) electrons. The Balaban J connectivity index is 2.07. The van der Waals surface area contributed by atoms with Crippen LogP contribution in [-0.4, -0.2) is 21.8 Å². The zero-order valence-corrected chi connectivity index (χ0v) is 12.8. The summed E-state index contributed by atoms with van der Waals surface area (Å²) >= 11 is 1.47. The van der Waals surface area contributed by atoms with Crippen molar-refractivity contribution in [3.63, 3.8) is 0 Å². The first-order valence-corrected chi connectivity index (χ1v) is 7.54. The molecule has 1 aliphatic rings. The van der Waals surface area contributed by atoms with E-state index in [1.54, 1.807) is 27.0 Å². The summed E-state index contributed by atoms with van der Waals surface area (Å²) in [5, 5.41) is 14.3. The zero-order valence-electron chi connectivity index (χ0n) is 12.0. The summed E-state index contributed by atoms with van der Waals surface area (Å²) in [7, 11) is 0. The summed E-state index contributed by atoms with van der Waals surface area (Å²) in [6, 6.07) is 3.71. The second kappa shape index (κ2) is 4.82. The van der Waals surface area contributed by atoms with Gasteiger partial charge in [-0.15, -0.1) is 11.3 Å². The number of rotatable bonds is 0. The minimum Gasteiger partial charge on any atom is -0.443 e. The molecule has 0 saturated heterocycles. The SMILES string of the molecule is CC(C)(C)OC(=O)N1c2cscc2-c2cccnc2[C@@H]1O.